The summed E-state index contributed by atoms with van der Waals surface area (Å²) in [4.78, 5) is 50.8. The van der Waals surface area contributed by atoms with E-state index >= 15 is 0 Å². The molecule has 4 N–H and O–H groups in total. The molecule has 0 bridgehead atoms. The number of carboxylic acid groups (broad SMARTS) is 1. The van der Waals surface area contributed by atoms with Crippen LogP contribution >= 0.6 is 0 Å². The molecule has 0 aromatic heterocycles. The van der Waals surface area contributed by atoms with Crippen molar-refractivity contribution in [2.24, 2.45) is 5.92 Å². The first-order chi connectivity index (χ1) is 20.1. The van der Waals surface area contributed by atoms with Crippen LogP contribution in [0.5, 0.6) is 0 Å². The van der Waals surface area contributed by atoms with E-state index in [4.69, 9.17) is 4.74 Å². The number of aliphatic carboxylic acids is 1. The highest BCUT2D eigenvalue weighted by Gasteiger charge is 2.31. The Hall–Kier alpha value is -4.66. The van der Waals surface area contributed by atoms with Crippen LogP contribution in [-0.2, 0) is 25.5 Å². The molecule has 0 heterocycles. The summed E-state index contributed by atoms with van der Waals surface area (Å²) in [6.07, 6.45) is -0.285. The van der Waals surface area contributed by atoms with Crippen LogP contribution in [-0.4, -0.2) is 53.7 Å². The summed E-state index contributed by atoms with van der Waals surface area (Å²) in [5.41, 5.74) is 5.16. The fraction of sp³-hybridized carbons (Fsp3) is 0.333. The SMILES string of the molecule is CC(C)C[C@H](NC(=O)OCC1c2ccccc2-c2ccccc21)C(=O)N[C@@H](Cc1ccccc1)C(=O)N[C@@H](C)C(=O)O. The van der Waals surface area contributed by atoms with Gasteiger partial charge in [0, 0.05) is 12.3 Å². The lowest BCUT2D eigenvalue weighted by Crippen LogP contribution is -2.56. The van der Waals surface area contributed by atoms with Crippen molar-refractivity contribution in [1.29, 1.82) is 0 Å². The number of fused-ring (bicyclic) bond motifs is 3. The van der Waals surface area contributed by atoms with Crippen molar-refractivity contribution in [3.05, 3.63) is 95.6 Å². The molecule has 0 saturated carbocycles. The van der Waals surface area contributed by atoms with E-state index in [-0.39, 0.29) is 24.9 Å². The van der Waals surface area contributed by atoms with Crippen LogP contribution in [0.25, 0.3) is 11.1 Å². The molecule has 9 heteroatoms. The van der Waals surface area contributed by atoms with E-state index in [0.717, 1.165) is 27.8 Å². The largest absolute Gasteiger partial charge is 0.480 e. The first kappa shape index (κ1) is 30.3. The molecule has 0 radical (unpaired) electrons. The second kappa shape index (κ2) is 13.8. The Morgan fingerprint density at radius 2 is 1.29 bits per heavy atom. The van der Waals surface area contributed by atoms with Gasteiger partial charge in [-0.05, 0) is 47.1 Å². The van der Waals surface area contributed by atoms with E-state index in [1.165, 1.54) is 6.92 Å². The van der Waals surface area contributed by atoms with Gasteiger partial charge in [-0.1, -0.05) is 92.7 Å². The number of nitrogens with one attached hydrogen (secondary N) is 3. The minimum Gasteiger partial charge on any atom is -0.480 e. The Balaban J connectivity index is 1.44. The number of alkyl carbamates (subject to hydrolysis) is 1. The smallest absolute Gasteiger partial charge is 0.407 e. The molecule has 9 nitrogen and oxygen atoms in total. The van der Waals surface area contributed by atoms with Gasteiger partial charge in [0.25, 0.3) is 0 Å². The zero-order valence-corrected chi connectivity index (χ0v) is 24.0. The van der Waals surface area contributed by atoms with Crippen LogP contribution in [0, 0.1) is 5.92 Å². The lowest BCUT2D eigenvalue weighted by atomic mass is 9.98. The van der Waals surface area contributed by atoms with Gasteiger partial charge >= 0.3 is 12.1 Å². The molecule has 4 rings (SSSR count). The average Bonchev–Trinajstić information content (AvgIpc) is 3.29. The Labute approximate surface area is 245 Å². The topological polar surface area (TPSA) is 134 Å². The standard InChI is InChI=1S/C33H37N3O6/c1-20(2)17-28(31(38)35-29(18-22-11-5-4-6-12-22)30(37)34-21(3)32(39)40)36-33(41)42-19-27-25-15-9-7-13-23(25)24-14-8-10-16-26(24)27/h4-16,20-21,27-29H,17-19H2,1-3H3,(H,34,37)(H,35,38)(H,36,41)(H,39,40)/t21-,28-,29-/m0/s1. The van der Waals surface area contributed by atoms with Gasteiger partial charge in [0.2, 0.25) is 11.8 Å². The number of carboxylic acids is 1. The van der Waals surface area contributed by atoms with Crippen LogP contribution in [0.15, 0.2) is 78.9 Å². The van der Waals surface area contributed by atoms with Gasteiger partial charge in [0.1, 0.15) is 24.7 Å². The maximum Gasteiger partial charge on any atom is 0.407 e. The third-order valence-corrected chi connectivity index (χ3v) is 7.30. The monoisotopic (exact) mass is 571 g/mol. The van der Waals surface area contributed by atoms with Crippen molar-refractivity contribution in [3.63, 3.8) is 0 Å². The molecule has 220 valence electrons. The normalized spacial score (nSPS) is 14.2. The lowest BCUT2D eigenvalue weighted by Gasteiger charge is -2.25. The van der Waals surface area contributed by atoms with E-state index in [9.17, 15) is 24.3 Å². The number of carbonyl (C=O) groups is 4. The molecule has 42 heavy (non-hydrogen) atoms. The third-order valence-electron chi connectivity index (χ3n) is 7.30. The maximum atomic E-state index is 13.4. The van der Waals surface area contributed by atoms with E-state index in [2.05, 4.69) is 28.1 Å². The van der Waals surface area contributed by atoms with E-state index in [1.807, 2.05) is 80.6 Å². The molecule has 0 fully saturated rings. The van der Waals surface area contributed by atoms with Gasteiger partial charge in [-0.25, -0.2) is 4.79 Å². The Kier molecular flexibility index (Phi) is 9.96. The van der Waals surface area contributed by atoms with Crippen LogP contribution in [0.2, 0.25) is 0 Å². The van der Waals surface area contributed by atoms with E-state index in [1.54, 1.807) is 0 Å². The highest BCUT2D eigenvalue weighted by Crippen LogP contribution is 2.44. The molecular formula is C33H37N3O6. The molecule has 0 unspecified atom stereocenters. The molecule has 3 aromatic carbocycles. The number of hydrogen-bond acceptors (Lipinski definition) is 5. The fourth-order valence-electron chi connectivity index (χ4n) is 5.19. The molecule has 1 aliphatic rings. The molecule has 3 atom stereocenters. The predicted octanol–water partition coefficient (Wildman–Crippen LogP) is 4.26. The van der Waals surface area contributed by atoms with Gasteiger partial charge in [0.05, 0.1) is 0 Å². The molecule has 0 aliphatic heterocycles. The summed E-state index contributed by atoms with van der Waals surface area (Å²) < 4.78 is 5.65. The third kappa shape index (κ3) is 7.54. The number of hydrogen-bond donors (Lipinski definition) is 4. The fourth-order valence-corrected chi connectivity index (χ4v) is 5.19. The van der Waals surface area contributed by atoms with Gasteiger partial charge in [0.15, 0.2) is 0 Å². The number of benzene rings is 3. The van der Waals surface area contributed by atoms with Crippen molar-refractivity contribution < 1.29 is 29.0 Å². The molecule has 0 spiro atoms. The average molecular weight is 572 g/mol. The zero-order chi connectivity index (χ0) is 30.2. The second-order valence-corrected chi connectivity index (χ2v) is 11.0. The minimum absolute atomic E-state index is 0.0445. The van der Waals surface area contributed by atoms with Crippen LogP contribution in [0.1, 0.15) is 49.8 Å². The first-order valence-corrected chi connectivity index (χ1v) is 14.1. The van der Waals surface area contributed by atoms with Crippen molar-refractivity contribution in [2.45, 2.75) is 57.7 Å². The van der Waals surface area contributed by atoms with Crippen LogP contribution in [0.4, 0.5) is 4.79 Å². The van der Waals surface area contributed by atoms with Gasteiger partial charge in [-0.3, -0.25) is 14.4 Å². The molecule has 3 aromatic rings. The summed E-state index contributed by atoms with van der Waals surface area (Å²) in [6.45, 7) is 5.29. The Morgan fingerprint density at radius 3 is 1.86 bits per heavy atom. The minimum atomic E-state index is -1.19. The summed E-state index contributed by atoms with van der Waals surface area (Å²) in [7, 11) is 0. The number of rotatable bonds is 12. The first-order valence-electron chi connectivity index (χ1n) is 14.1. The quantitative estimate of drug-likeness (QED) is 0.257. The number of ether oxygens (including phenoxy) is 1. The Morgan fingerprint density at radius 1 is 0.738 bits per heavy atom. The lowest BCUT2D eigenvalue weighted by molar-refractivity contribution is -0.141. The molecular weight excluding hydrogens is 534 g/mol. The van der Waals surface area contributed by atoms with Gasteiger partial charge < -0.3 is 25.8 Å². The number of carbonyl (C=O) groups excluding carboxylic acids is 3. The van der Waals surface area contributed by atoms with Gasteiger partial charge in [-0.2, -0.15) is 0 Å². The number of amides is 3. The highest BCUT2D eigenvalue weighted by atomic mass is 16.5. The van der Waals surface area contributed by atoms with Crippen molar-refractivity contribution in [2.75, 3.05) is 6.61 Å². The molecule has 3 amide bonds. The van der Waals surface area contributed by atoms with Crippen molar-refractivity contribution in [3.8, 4) is 11.1 Å². The summed E-state index contributed by atoms with van der Waals surface area (Å²) in [5, 5.41) is 17.1. The van der Waals surface area contributed by atoms with E-state index in [0.29, 0.717) is 6.42 Å². The van der Waals surface area contributed by atoms with Crippen molar-refractivity contribution >= 4 is 23.9 Å². The van der Waals surface area contributed by atoms with E-state index < -0.39 is 42.0 Å². The van der Waals surface area contributed by atoms with Crippen LogP contribution in [0.3, 0.4) is 0 Å². The summed E-state index contributed by atoms with van der Waals surface area (Å²) in [6, 6.07) is 22.0. The summed E-state index contributed by atoms with van der Waals surface area (Å²) >= 11 is 0. The Bertz CT molecular complexity index is 1380. The summed E-state index contributed by atoms with van der Waals surface area (Å²) in [5.74, 6) is -2.47. The zero-order valence-electron chi connectivity index (χ0n) is 24.0. The molecule has 1 aliphatic carbocycles. The second-order valence-electron chi connectivity index (χ2n) is 11.0. The highest BCUT2D eigenvalue weighted by molar-refractivity contribution is 5.93. The van der Waals surface area contributed by atoms with Crippen LogP contribution < -0.4 is 16.0 Å². The maximum absolute atomic E-state index is 13.4. The van der Waals surface area contributed by atoms with Crippen molar-refractivity contribution in [1.82, 2.24) is 16.0 Å². The van der Waals surface area contributed by atoms with Gasteiger partial charge in [-0.15, -0.1) is 0 Å². The molecule has 0 saturated heterocycles. The predicted molar refractivity (Wildman–Crippen MR) is 159 cm³/mol.